The van der Waals surface area contributed by atoms with Crippen molar-refractivity contribution in [2.24, 2.45) is 0 Å². The molecule has 0 bridgehead atoms. The Balaban J connectivity index is 1.45. The second-order valence-electron chi connectivity index (χ2n) is 7.73. The van der Waals surface area contributed by atoms with Gasteiger partial charge >= 0.3 is 0 Å². The van der Waals surface area contributed by atoms with E-state index in [1.807, 2.05) is 12.1 Å². The lowest BCUT2D eigenvalue weighted by Gasteiger charge is -2.33. The van der Waals surface area contributed by atoms with Crippen molar-refractivity contribution < 1.29 is 13.2 Å². The van der Waals surface area contributed by atoms with E-state index < -0.39 is 15.9 Å². The number of carbonyl (C=O) groups is 1. The van der Waals surface area contributed by atoms with Crippen LogP contribution in [0.5, 0.6) is 0 Å². The highest BCUT2D eigenvalue weighted by Crippen LogP contribution is 2.28. The minimum absolute atomic E-state index is 0.0916. The number of hydrogen-bond acceptors (Lipinski definition) is 7. The molecule has 10 heteroatoms. The third kappa shape index (κ3) is 4.51. The molecule has 8 nitrogen and oxygen atoms in total. The lowest BCUT2D eigenvalue weighted by atomic mass is 10.2. The van der Waals surface area contributed by atoms with Crippen molar-refractivity contribution in [1.29, 1.82) is 0 Å². The van der Waals surface area contributed by atoms with E-state index in [9.17, 15) is 13.2 Å². The number of piperidine rings is 1. The maximum atomic E-state index is 13.0. The Morgan fingerprint density at radius 2 is 1.77 bits per heavy atom. The largest absolute Gasteiger partial charge is 0.354 e. The van der Waals surface area contributed by atoms with Gasteiger partial charge in [-0.2, -0.15) is 4.31 Å². The van der Waals surface area contributed by atoms with E-state index in [1.165, 1.54) is 10.4 Å². The van der Waals surface area contributed by atoms with E-state index in [0.717, 1.165) is 62.6 Å². The molecule has 1 N–H and O–H groups in total. The second kappa shape index (κ2) is 9.01. The predicted octanol–water partition coefficient (Wildman–Crippen LogP) is 2.32. The van der Waals surface area contributed by atoms with Gasteiger partial charge in [0.05, 0.1) is 11.9 Å². The molecule has 2 aromatic rings. The first kappa shape index (κ1) is 21.2. The average Bonchev–Trinajstić information content (AvgIpc) is 3.27. The fourth-order valence-corrected chi connectivity index (χ4v) is 6.59. The fourth-order valence-electron chi connectivity index (χ4n) is 3.78. The van der Waals surface area contributed by atoms with E-state index in [2.05, 4.69) is 27.1 Å². The number of thiophene rings is 1. The molecule has 0 aromatic carbocycles. The maximum Gasteiger partial charge on any atom is 0.267 e. The number of hydrogen-bond donors (Lipinski definition) is 1. The predicted molar refractivity (Wildman–Crippen MR) is 119 cm³/mol. The lowest BCUT2D eigenvalue weighted by Crippen LogP contribution is -2.44. The van der Waals surface area contributed by atoms with Gasteiger partial charge < -0.3 is 15.1 Å². The van der Waals surface area contributed by atoms with Gasteiger partial charge in [-0.05, 0) is 43.5 Å². The standard InChI is InChI=1S/C20H27N5O3S2/c1-23-10-12-24(13-11-23)18-6-5-16(15-21-18)22-20(26)19-17(7-14-29-19)30(27,28)25-8-3-2-4-9-25/h5-7,14-15H,2-4,8-13H2,1H3,(H,22,26). The van der Waals surface area contributed by atoms with Gasteiger partial charge in [-0.3, -0.25) is 4.79 Å². The number of anilines is 2. The third-order valence-electron chi connectivity index (χ3n) is 5.60. The zero-order chi connectivity index (χ0) is 21.1. The molecule has 162 valence electrons. The Labute approximate surface area is 181 Å². The first-order valence-electron chi connectivity index (χ1n) is 10.2. The molecular formula is C20H27N5O3S2. The zero-order valence-electron chi connectivity index (χ0n) is 17.1. The minimum Gasteiger partial charge on any atom is -0.354 e. The Bertz CT molecular complexity index is 976. The molecule has 4 rings (SSSR count). The quantitative estimate of drug-likeness (QED) is 0.754. The van der Waals surface area contributed by atoms with Crippen LogP contribution in [-0.4, -0.2) is 74.8 Å². The van der Waals surface area contributed by atoms with E-state index in [1.54, 1.807) is 11.6 Å². The summed E-state index contributed by atoms with van der Waals surface area (Å²) in [6, 6.07) is 5.23. The number of carbonyl (C=O) groups excluding carboxylic acids is 1. The van der Waals surface area contributed by atoms with Crippen LogP contribution in [0.2, 0.25) is 0 Å². The number of pyridine rings is 1. The molecule has 2 saturated heterocycles. The highest BCUT2D eigenvalue weighted by molar-refractivity contribution is 7.89. The number of likely N-dealkylation sites (N-methyl/N-ethyl adjacent to an activating group) is 1. The van der Waals surface area contributed by atoms with Crippen LogP contribution in [0, 0.1) is 0 Å². The molecule has 4 heterocycles. The summed E-state index contributed by atoms with van der Waals surface area (Å²) < 4.78 is 27.5. The zero-order valence-corrected chi connectivity index (χ0v) is 18.7. The summed E-state index contributed by atoms with van der Waals surface area (Å²) in [7, 11) is -1.55. The van der Waals surface area contributed by atoms with Crippen LogP contribution in [0.15, 0.2) is 34.7 Å². The van der Waals surface area contributed by atoms with E-state index >= 15 is 0 Å². The smallest absolute Gasteiger partial charge is 0.267 e. The maximum absolute atomic E-state index is 13.0. The van der Waals surface area contributed by atoms with Crippen LogP contribution in [-0.2, 0) is 10.0 Å². The van der Waals surface area contributed by atoms with Crippen LogP contribution in [0.3, 0.4) is 0 Å². The number of rotatable bonds is 5. The number of amides is 1. The van der Waals surface area contributed by atoms with Gasteiger partial charge in [-0.15, -0.1) is 11.3 Å². The summed E-state index contributed by atoms with van der Waals surface area (Å²) in [5.74, 6) is 0.459. The van der Waals surface area contributed by atoms with Gasteiger partial charge in [0.2, 0.25) is 10.0 Å². The summed E-state index contributed by atoms with van der Waals surface area (Å²) in [4.78, 5) is 22.1. The van der Waals surface area contributed by atoms with E-state index in [0.29, 0.717) is 18.8 Å². The summed E-state index contributed by atoms with van der Waals surface area (Å²) >= 11 is 1.14. The van der Waals surface area contributed by atoms with Crippen molar-refractivity contribution in [1.82, 2.24) is 14.2 Å². The molecule has 0 spiro atoms. The van der Waals surface area contributed by atoms with Crippen molar-refractivity contribution >= 4 is 38.8 Å². The first-order chi connectivity index (χ1) is 14.4. The van der Waals surface area contributed by atoms with Crippen molar-refractivity contribution in [3.8, 4) is 0 Å². The lowest BCUT2D eigenvalue weighted by molar-refractivity contribution is 0.102. The molecule has 0 saturated carbocycles. The van der Waals surface area contributed by atoms with Crippen molar-refractivity contribution in [3.63, 3.8) is 0 Å². The van der Waals surface area contributed by atoms with Gasteiger partial charge in [0, 0.05) is 39.3 Å². The SMILES string of the molecule is CN1CCN(c2ccc(NC(=O)c3sccc3S(=O)(=O)N3CCCCC3)cn2)CC1. The Hall–Kier alpha value is -2.01. The molecule has 0 aliphatic carbocycles. The number of piperazine rings is 1. The number of nitrogens with one attached hydrogen (secondary N) is 1. The molecule has 1 amide bonds. The van der Waals surface area contributed by atoms with Crippen LogP contribution in [0.4, 0.5) is 11.5 Å². The Morgan fingerprint density at radius 1 is 1.03 bits per heavy atom. The van der Waals surface area contributed by atoms with Crippen LogP contribution >= 0.6 is 11.3 Å². The highest BCUT2D eigenvalue weighted by Gasteiger charge is 2.31. The highest BCUT2D eigenvalue weighted by atomic mass is 32.2. The van der Waals surface area contributed by atoms with Crippen LogP contribution < -0.4 is 10.2 Å². The van der Waals surface area contributed by atoms with Crippen molar-refractivity contribution in [2.45, 2.75) is 24.2 Å². The van der Waals surface area contributed by atoms with Gasteiger partial charge in [0.15, 0.2) is 0 Å². The normalized spacial score (nSPS) is 19.0. The van der Waals surface area contributed by atoms with Gasteiger partial charge in [0.1, 0.15) is 15.6 Å². The summed E-state index contributed by atoms with van der Waals surface area (Å²) in [6.45, 7) is 4.84. The second-order valence-corrected chi connectivity index (χ2v) is 10.6. The third-order valence-corrected chi connectivity index (χ3v) is 8.58. The molecule has 2 fully saturated rings. The molecule has 2 aliphatic rings. The topological polar surface area (TPSA) is 85.8 Å². The molecule has 30 heavy (non-hydrogen) atoms. The molecule has 2 aromatic heterocycles. The monoisotopic (exact) mass is 449 g/mol. The molecule has 0 unspecified atom stereocenters. The van der Waals surface area contributed by atoms with Crippen LogP contribution in [0.25, 0.3) is 0 Å². The number of nitrogens with zero attached hydrogens (tertiary/aromatic N) is 4. The van der Waals surface area contributed by atoms with Gasteiger partial charge in [0.25, 0.3) is 5.91 Å². The molecule has 0 radical (unpaired) electrons. The average molecular weight is 450 g/mol. The number of aromatic nitrogens is 1. The molecular weight excluding hydrogens is 422 g/mol. The summed E-state index contributed by atoms with van der Waals surface area (Å²) in [6.07, 6.45) is 4.38. The number of sulfonamides is 1. The summed E-state index contributed by atoms with van der Waals surface area (Å²) in [5, 5.41) is 4.45. The fraction of sp³-hybridized carbons (Fsp3) is 0.500. The minimum atomic E-state index is -3.66. The van der Waals surface area contributed by atoms with Gasteiger partial charge in [-0.1, -0.05) is 6.42 Å². The first-order valence-corrected chi connectivity index (χ1v) is 12.6. The molecule has 0 atom stereocenters. The Morgan fingerprint density at radius 3 is 2.43 bits per heavy atom. The summed E-state index contributed by atoms with van der Waals surface area (Å²) in [5.41, 5.74) is 0.549. The van der Waals surface area contributed by atoms with E-state index in [4.69, 9.17) is 0 Å². The van der Waals surface area contributed by atoms with Crippen molar-refractivity contribution in [3.05, 3.63) is 34.7 Å². The molecule has 2 aliphatic heterocycles. The Kier molecular flexibility index (Phi) is 6.37. The van der Waals surface area contributed by atoms with E-state index in [-0.39, 0.29) is 9.77 Å². The van der Waals surface area contributed by atoms with Gasteiger partial charge in [-0.25, -0.2) is 13.4 Å². The van der Waals surface area contributed by atoms with Crippen LogP contribution in [0.1, 0.15) is 28.9 Å². The van der Waals surface area contributed by atoms with Crippen molar-refractivity contribution in [2.75, 3.05) is 56.5 Å².